The lowest BCUT2D eigenvalue weighted by Crippen LogP contribution is -2.35. The van der Waals surface area contributed by atoms with E-state index in [1.54, 1.807) is 13.8 Å². The summed E-state index contributed by atoms with van der Waals surface area (Å²) in [7, 11) is -16.1. The minimum atomic E-state index is -5.67. The molecule has 4 rings (SSSR count). The van der Waals surface area contributed by atoms with Crippen LogP contribution in [0, 0.1) is 19.8 Å². The summed E-state index contributed by atoms with van der Waals surface area (Å²) in [5.41, 5.74) is 0.810. The third-order valence-corrected chi connectivity index (χ3v) is 11.6. The minimum Gasteiger partial charge on any atom is -0.390 e. The van der Waals surface area contributed by atoms with Crippen molar-refractivity contribution in [1.29, 1.82) is 0 Å². The van der Waals surface area contributed by atoms with Gasteiger partial charge < -0.3 is 24.5 Å². The number of aryl methyl sites for hydroxylation is 3. The van der Waals surface area contributed by atoms with Crippen LogP contribution in [0.3, 0.4) is 0 Å². The van der Waals surface area contributed by atoms with Gasteiger partial charge in [-0.25, -0.2) is 18.2 Å². The number of phosphoric ester groups is 1. The average molecular weight is 660 g/mol. The molecule has 1 fully saturated rings. The van der Waals surface area contributed by atoms with Crippen molar-refractivity contribution < 1.29 is 51.4 Å². The number of aromatic nitrogens is 2. The first-order chi connectivity index (χ1) is 20.1. The van der Waals surface area contributed by atoms with E-state index in [0.717, 1.165) is 21.8 Å². The van der Waals surface area contributed by atoms with E-state index in [0.29, 0.717) is 12.0 Å². The van der Waals surface area contributed by atoms with Crippen molar-refractivity contribution in [2.45, 2.75) is 45.1 Å². The summed E-state index contributed by atoms with van der Waals surface area (Å²) in [6.07, 6.45) is -1.91. The lowest BCUT2D eigenvalue weighted by atomic mass is 9.92. The number of nitrogens with zero attached hydrogens (tertiary/aromatic N) is 1. The fourth-order valence-electron chi connectivity index (χ4n) is 4.56. The number of phosphoric acid groups is 2. The van der Waals surface area contributed by atoms with E-state index in [2.05, 4.69) is 13.6 Å². The van der Waals surface area contributed by atoms with Crippen molar-refractivity contribution in [3.63, 3.8) is 0 Å². The molecule has 43 heavy (non-hydrogen) atoms. The molecular weight excluding hydrogens is 629 g/mol. The largest absolute Gasteiger partial charge is 0.488 e. The zero-order valence-corrected chi connectivity index (χ0v) is 25.6. The Balaban J connectivity index is 1.46. The highest BCUT2D eigenvalue weighted by molar-refractivity contribution is 7.71. The van der Waals surface area contributed by atoms with Gasteiger partial charge in [-0.15, -0.1) is 0 Å². The molecule has 7 atom stereocenters. The van der Waals surface area contributed by atoms with E-state index in [1.807, 2.05) is 30.3 Å². The van der Waals surface area contributed by atoms with Gasteiger partial charge in [0.2, 0.25) is 0 Å². The highest BCUT2D eigenvalue weighted by atomic mass is 31.3. The molecule has 1 saturated heterocycles. The van der Waals surface area contributed by atoms with E-state index in [9.17, 15) is 43.1 Å². The monoisotopic (exact) mass is 660 g/mol. The van der Waals surface area contributed by atoms with E-state index < -0.39 is 65.5 Å². The first-order valence-electron chi connectivity index (χ1n) is 12.9. The molecule has 0 amide bonds. The lowest BCUT2D eigenvalue weighted by Gasteiger charge is -2.21. The molecule has 0 bridgehead atoms. The van der Waals surface area contributed by atoms with Gasteiger partial charge in [-0.1, -0.05) is 36.4 Å². The fourth-order valence-corrected chi connectivity index (χ4v) is 8.63. The van der Waals surface area contributed by atoms with Gasteiger partial charge in [0.15, 0.2) is 0 Å². The number of hydrogen-bond acceptors (Lipinski definition) is 10. The molecule has 3 aromatic rings. The van der Waals surface area contributed by atoms with Crippen molar-refractivity contribution in [3.05, 3.63) is 98.3 Å². The van der Waals surface area contributed by atoms with Crippen LogP contribution in [-0.2, 0) is 38.0 Å². The Morgan fingerprint density at radius 1 is 0.930 bits per heavy atom. The molecule has 1 aromatic heterocycles. The van der Waals surface area contributed by atoms with Crippen LogP contribution in [0.1, 0.15) is 29.3 Å². The smallest absolute Gasteiger partial charge is 0.390 e. The molecule has 5 N–H and O–H groups in total. The third kappa shape index (κ3) is 8.57. The van der Waals surface area contributed by atoms with Crippen molar-refractivity contribution in [2.75, 3.05) is 6.61 Å². The number of ether oxygens (including phenoxy) is 1. The molecule has 0 saturated carbocycles. The normalized spacial score (nSPS) is 24.6. The van der Waals surface area contributed by atoms with Crippen LogP contribution in [0.5, 0.6) is 0 Å². The van der Waals surface area contributed by atoms with Crippen molar-refractivity contribution in [3.8, 4) is 0 Å². The number of aliphatic hydroxyl groups is 1. The highest BCUT2D eigenvalue weighted by Crippen LogP contribution is 2.67. The first-order valence-corrected chi connectivity index (χ1v) is 17.5. The van der Waals surface area contributed by atoms with Crippen LogP contribution in [0.15, 0.2) is 70.4 Å². The maximum absolute atomic E-state index is 12.6. The lowest BCUT2D eigenvalue weighted by molar-refractivity contribution is -0.0474. The average Bonchev–Trinajstić information content (AvgIpc) is 3.21. The summed E-state index contributed by atoms with van der Waals surface area (Å²) in [6.45, 7) is 2.51. The number of aromatic amines is 1. The fraction of sp³-hybridized carbons (Fsp3) is 0.360. The van der Waals surface area contributed by atoms with E-state index in [4.69, 9.17) is 9.26 Å². The van der Waals surface area contributed by atoms with Gasteiger partial charge in [0.1, 0.15) is 12.3 Å². The quantitative estimate of drug-likeness (QED) is 0.176. The van der Waals surface area contributed by atoms with Crippen molar-refractivity contribution >= 4 is 28.5 Å². The number of rotatable bonds is 12. The second kappa shape index (κ2) is 13.2. The van der Waals surface area contributed by atoms with E-state index in [1.165, 1.54) is 24.4 Å². The molecule has 0 spiro atoms. The third-order valence-electron chi connectivity index (χ3n) is 6.87. The zero-order valence-electron chi connectivity index (χ0n) is 23.0. The van der Waals surface area contributed by atoms with Crippen LogP contribution < -0.4 is 16.6 Å². The molecule has 2 aromatic carbocycles. The number of benzene rings is 2. The van der Waals surface area contributed by atoms with Gasteiger partial charge in [0.05, 0.1) is 18.0 Å². The molecule has 1 aliphatic heterocycles. The molecule has 15 nitrogen and oxygen atoms in total. The molecular formula is C25H31N2O13P3. The highest BCUT2D eigenvalue weighted by Gasteiger charge is 2.47. The van der Waals surface area contributed by atoms with E-state index >= 15 is 0 Å². The summed E-state index contributed by atoms with van der Waals surface area (Å²) in [5.74, 6) is -0.762. The Morgan fingerprint density at radius 2 is 1.63 bits per heavy atom. The maximum atomic E-state index is 12.6. The second-order valence-electron chi connectivity index (χ2n) is 9.95. The summed E-state index contributed by atoms with van der Waals surface area (Å²) in [6, 6.07) is 14.2. The summed E-state index contributed by atoms with van der Waals surface area (Å²) >= 11 is 0. The zero-order chi connectivity index (χ0) is 31.6. The van der Waals surface area contributed by atoms with Crippen LogP contribution in [0.2, 0.25) is 0 Å². The summed E-state index contributed by atoms with van der Waals surface area (Å²) in [5, 5.41) is 10.7. The Bertz CT molecular complexity index is 1710. The van der Waals surface area contributed by atoms with Crippen LogP contribution in [0.4, 0.5) is 0 Å². The van der Waals surface area contributed by atoms with Gasteiger partial charge in [-0.2, -0.15) is 4.31 Å². The predicted molar refractivity (Wildman–Crippen MR) is 153 cm³/mol. The number of aliphatic hydroxyl groups excluding tert-OH is 1. The molecule has 1 aliphatic rings. The van der Waals surface area contributed by atoms with Gasteiger partial charge >= 0.3 is 28.9 Å². The van der Waals surface area contributed by atoms with E-state index in [-0.39, 0.29) is 11.7 Å². The molecule has 18 heteroatoms. The van der Waals surface area contributed by atoms with Gasteiger partial charge in [-0.3, -0.25) is 23.4 Å². The minimum absolute atomic E-state index is 0.287. The van der Waals surface area contributed by atoms with Gasteiger partial charge in [0, 0.05) is 18.2 Å². The molecule has 3 unspecified atom stereocenters. The summed E-state index contributed by atoms with van der Waals surface area (Å²) in [4.78, 5) is 56.5. The second-order valence-corrected chi connectivity index (χ2v) is 14.9. The summed E-state index contributed by atoms with van der Waals surface area (Å²) < 4.78 is 57.8. The predicted octanol–water partition coefficient (Wildman–Crippen LogP) is 2.42. The Hall–Kier alpha value is -2.51. The molecule has 0 radical (unpaired) electrons. The maximum Gasteiger partial charge on any atom is 0.488 e. The Kier molecular flexibility index (Phi) is 10.3. The first kappa shape index (κ1) is 33.4. The SMILES string of the molecule is Cc1ccc(P(=O)(O)OP(=O)(O)OP(=O)(O)OC[C@H]2O[C@@H](n3ccc(=O)[nH]c3=O)[C@H](CCc3ccccc3)[C@@H]2O)cc1C. The molecule has 2 heterocycles. The topological polar surface area (TPSA) is 224 Å². The van der Waals surface area contributed by atoms with Gasteiger partial charge in [-0.05, 0) is 55.5 Å². The van der Waals surface area contributed by atoms with Crippen LogP contribution >= 0.6 is 23.2 Å². The van der Waals surface area contributed by atoms with Crippen molar-refractivity contribution in [2.24, 2.45) is 5.92 Å². The van der Waals surface area contributed by atoms with Crippen molar-refractivity contribution in [1.82, 2.24) is 9.55 Å². The number of nitrogens with one attached hydrogen (secondary N) is 1. The number of H-pyrrole nitrogens is 1. The Labute approximate surface area is 245 Å². The Morgan fingerprint density at radius 3 is 2.28 bits per heavy atom. The number of hydrogen-bond donors (Lipinski definition) is 5. The van der Waals surface area contributed by atoms with Crippen LogP contribution in [-0.4, -0.2) is 48.2 Å². The molecule has 234 valence electrons. The van der Waals surface area contributed by atoms with Gasteiger partial charge in [0.25, 0.3) is 5.56 Å². The molecule has 0 aliphatic carbocycles. The van der Waals surface area contributed by atoms with Crippen LogP contribution in [0.25, 0.3) is 0 Å². The standard InChI is InChI=1S/C25H31N2O13P3/c1-16-8-10-19(14-17(16)2)41(31,32)39-43(35,36)40-42(33,34)37-15-21-23(29)20(11-9-18-6-4-3-5-7-18)24(38-21)27-13-12-22(28)26-25(27)30/h3-8,10,12-14,20-21,23-24,29H,9,11,15H2,1-2H3,(H,31,32)(H,33,34)(H,35,36)(H,26,28,30)/t20-,21-,23+,24-/m1/s1.